The van der Waals surface area contributed by atoms with Gasteiger partial charge in [0.2, 0.25) is 0 Å². The summed E-state index contributed by atoms with van der Waals surface area (Å²) < 4.78 is 25.8. The first kappa shape index (κ1) is 19.2. The molecule has 0 bridgehead atoms. The molecule has 4 aromatic rings. The molecule has 1 aliphatic rings. The summed E-state index contributed by atoms with van der Waals surface area (Å²) in [6.07, 6.45) is 3.49. The van der Waals surface area contributed by atoms with E-state index in [1.807, 2.05) is 6.92 Å². The zero-order valence-corrected chi connectivity index (χ0v) is 16.7. The Bertz CT molecular complexity index is 1240. The Hall–Kier alpha value is -3.79. The quantitative estimate of drug-likeness (QED) is 0.430. The largest absolute Gasteiger partial charge is 0.461 e. The van der Waals surface area contributed by atoms with Crippen LogP contribution in [0.2, 0.25) is 0 Å². The number of aromatic nitrogens is 5. The van der Waals surface area contributed by atoms with Gasteiger partial charge in [0.25, 0.3) is 0 Å². The van der Waals surface area contributed by atoms with E-state index in [9.17, 15) is 4.39 Å². The second-order valence-electron chi connectivity index (χ2n) is 7.25. The van der Waals surface area contributed by atoms with Crippen LogP contribution in [-0.2, 0) is 4.74 Å². The van der Waals surface area contributed by atoms with Crippen molar-refractivity contribution in [1.29, 1.82) is 0 Å². The summed E-state index contributed by atoms with van der Waals surface area (Å²) in [6.45, 7) is 2.98. The molecule has 31 heavy (non-hydrogen) atoms. The third-order valence-corrected chi connectivity index (χ3v) is 4.92. The summed E-state index contributed by atoms with van der Waals surface area (Å²) in [5.41, 5.74) is 8.78. The molecule has 4 heterocycles. The number of fused-ring (bicyclic) bond motifs is 1. The van der Waals surface area contributed by atoms with Gasteiger partial charge >= 0.3 is 6.01 Å². The maximum absolute atomic E-state index is 13.3. The van der Waals surface area contributed by atoms with Gasteiger partial charge in [-0.2, -0.15) is 9.97 Å². The van der Waals surface area contributed by atoms with Gasteiger partial charge in [-0.15, -0.1) is 5.10 Å². The van der Waals surface area contributed by atoms with E-state index in [1.54, 1.807) is 41.2 Å². The second-order valence-corrected chi connectivity index (χ2v) is 7.25. The third kappa shape index (κ3) is 4.10. The van der Waals surface area contributed by atoms with E-state index in [0.717, 1.165) is 5.56 Å². The Kier molecular flexibility index (Phi) is 4.83. The van der Waals surface area contributed by atoms with E-state index in [0.29, 0.717) is 41.8 Å². The standard InChI is InChI=1S/C21H20FN7O2.3H2/c1-12(13-3-5-14(22)6-4-13)25-17-9-16(26-21(27-17)31-11-15-10-30-15)18-19(23)28-29-8-2-7-24-20(18)29;;;/h2-9,12,15H,10-11H2,1H3,(H2,23,28)(H,25,26,27);3*1H/t12-,15-;;;/m0.../s1. The predicted octanol–water partition coefficient (Wildman–Crippen LogP) is 3.60. The van der Waals surface area contributed by atoms with Gasteiger partial charge in [0, 0.05) is 28.8 Å². The van der Waals surface area contributed by atoms with Gasteiger partial charge < -0.3 is 20.5 Å². The minimum Gasteiger partial charge on any atom is -0.461 e. The topological polar surface area (TPSA) is 116 Å². The van der Waals surface area contributed by atoms with Crippen LogP contribution < -0.4 is 15.8 Å². The van der Waals surface area contributed by atoms with Crippen LogP contribution in [0, 0.1) is 5.82 Å². The SMILES string of the molecule is C[C@H](Nc1cc(-c2c(N)nn3cccnc23)nc(OC[C@@H]2CO2)n1)c1ccc(F)cc1.[HH].[HH].[HH]. The average molecular weight is 427 g/mol. The lowest BCUT2D eigenvalue weighted by molar-refractivity contribution is 0.247. The van der Waals surface area contributed by atoms with E-state index in [4.69, 9.17) is 15.2 Å². The van der Waals surface area contributed by atoms with Crippen molar-refractivity contribution in [3.8, 4) is 17.3 Å². The summed E-state index contributed by atoms with van der Waals surface area (Å²) in [7, 11) is 0. The average Bonchev–Trinajstić information content (AvgIpc) is 3.53. The van der Waals surface area contributed by atoms with Crippen LogP contribution >= 0.6 is 0 Å². The van der Waals surface area contributed by atoms with Crippen LogP contribution in [0.15, 0.2) is 48.8 Å². The van der Waals surface area contributed by atoms with Crippen molar-refractivity contribution in [2.45, 2.75) is 19.1 Å². The van der Waals surface area contributed by atoms with Crippen molar-refractivity contribution in [3.63, 3.8) is 0 Å². The van der Waals surface area contributed by atoms with Gasteiger partial charge in [-0.1, -0.05) is 12.1 Å². The lowest BCUT2D eigenvalue weighted by Crippen LogP contribution is -2.11. The number of anilines is 2. The van der Waals surface area contributed by atoms with Crippen molar-refractivity contribution in [1.82, 2.24) is 24.6 Å². The minimum absolute atomic E-state index is 0. The van der Waals surface area contributed by atoms with E-state index >= 15 is 0 Å². The number of nitrogens with one attached hydrogen (secondary N) is 1. The number of rotatable bonds is 7. The zero-order valence-electron chi connectivity index (χ0n) is 16.7. The van der Waals surface area contributed by atoms with E-state index in [-0.39, 0.29) is 28.3 Å². The lowest BCUT2D eigenvalue weighted by atomic mass is 10.1. The van der Waals surface area contributed by atoms with E-state index < -0.39 is 0 Å². The molecule has 9 nitrogen and oxygen atoms in total. The van der Waals surface area contributed by atoms with Gasteiger partial charge in [-0.25, -0.2) is 13.9 Å². The molecule has 3 aromatic heterocycles. The van der Waals surface area contributed by atoms with Crippen LogP contribution in [0.4, 0.5) is 16.0 Å². The first-order chi connectivity index (χ1) is 15.1. The maximum Gasteiger partial charge on any atom is 0.319 e. The normalized spacial score (nSPS) is 16.3. The van der Waals surface area contributed by atoms with Crippen molar-refractivity contribution in [3.05, 3.63) is 60.2 Å². The molecule has 0 radical (unpaired) electrons. The molecule has 3 N–H and O–H groups in total. The Morgan fingerprint density at radius 2 is 2.16 bits per heavy atom. The highest BCUT2D eigenvalue weighted by Crippen LogP contribution is 2.31. The lowest BCUT2D eigenvalue weighted by Gasteiger charge is -2.16. The summed E-state index contributed by atoms with van der Waals surface area (Å²) >= 11 is 0. The number of halogens is 1. The molecular weight excluding hydrogens is 401 g/mol. The first-order valence-electron chi connectivity index (χ1n) is 9.81. The van der Waals surface area contributed by atoms with Gasteiger partial charge in [-0.3, -0.25) is 0 Å². The third-order valence-electron chi connectivity index (χ3n) is 4.92. The highest BCUT2D eigenvalue weighted by atomic mass is 19.1. The number of nitrogen functional groups attached to an aromatic ring is 1. The number of benzene rings is 1. The molecule has 10 heteroatoms. The van der Waals surface area contributed by atoms with Crippen molar-refractivity contribution in [2.75, 3.05) is 24.3 Å². The molecule has 0 unspecified atom stereocenters. The van der Waals surface area contributed by atoms with Gasteiger partial charge in [-0.05, 0) is 30.7 Å². The Balaban J connectivity index is 0.00000136. The number of hydrogen-bond donors (Lipinski definition) is 2. The molecule has 1 aliphatic heterocycles. The molecule has 1 saturated heterocycles. The summed E-state index contributed by atoms with van der Waals surface area (Å²) in [6, 6.07) is 9.89. The number of hydrogen-bond acceptors (Lipinski definition) is 8. The first-order valence-corrected chi connectivity index (χ1v) is 9.81. The molecule has 164 valence electrons. The summed E-state index contributed by atoms with van der Waals surface area (Å²) in [5, 5.41) is 7.62. The molecular formula is C21H26FN7O2. The Morgan fingerprint density at radius 3 is 2.94 bits per heavy atom. The smallest absolute Gasteiger partial charge is 0.319 e. The second kappa shape index (κ2) is 7.80. The fourth-order valence-electron chi connectivity index (χ4n) is 3.23. The van der Waals surface area contributed by atoms with Gasteiger partial charge in [0.1, 0.15) is 24.3 Å². The molecule has 0 saturated carbocycles. The van der Waals surface area contributed by atoms with Crippen LogP contribution in [0.1, 0.15) is 22.8 Å². The zero-order chi connectivity index (χ0) is 21.4. The molecule has 0 amide bonds. The minimum atomic E-state index is -0.283. The number of epoxide rings is 1. The molecule has 0 aliphatic carbocycles. The van der Waals surface area contributed by atoms with Crippen LogP contribution in [0.5, 0.6) is 6.01 Å². The highest BCUT2D eigenvalue weighted by Gasteiger charge is 2.24. The predicted molar refractivity (Wildman–Crippen MR) is 118 cm³/mol. The Morgan fingerprint density at radius 1 is 1.35 bits per heavy atom. The summed E-state index contributed by atoms with van der Waals surface area (Å²) in [5.74, 6) is 0.545. The van der Waals surface area contributed by atoms with Crippen molar-refractivity contribution < 1.29 is 18.1 Å². The highest BCUT2D eigenvalue weighted by molar-refractivity contribution is 5.85. The van der Waals surface area contributed by atoms with Crippen LogP contribution in [0.25, 0.3) is 16.9 Å². The summed E-state index contributed by atoms with van der Waals surface area (Å²) in [4.78, 5) is 13.4. The number of nitrogens with zero attached hydrogens (tertiary/aromatic N) is 5. The monoisotopic (exact) mass is 427 g/mol. The van der Waals surface area contributed by atoms with Crippen LogP contribution in [0.3, 0.4) is 0 Å². The molecule has 1 aromatic carbocycles. The number of nitrogens with two attached hydrogens (primary N) is 1. The molecule has 0 spiro atoms. The van der Waals surface area contributed by atoms with Crippen LogP contribution in [-0.4, -0.2) is 43.9 Å². The molecule has 2 atom stereocenters. The fourth-order valence-corrected chi connectivity index (χ4v) is 3.23. The Labute approximate surface area is 181 Å². The van der Waals surface area contributed by atoms with E-state index in [1.165, 1.54) is 12.1 Å². The maximum atomic E-state index is 13.3. The van der Waals surface area contributed by atoms with Gasteiger partial charge in [0.15, 0.2) is 11.5 Å². The van der Waals surface area contributed by atoms with Crippen molar-refractivity contribution >= 4 is 17.3 Å². The molecule has 5 rings (SSSR count). The van der Waals surface area contributed by atoms with Crippen molar-refractivity contribution in [2.24, 2.45) is 0 Å². The number of ether oxygens (including phenoxy) is 2. The van der Waals surface area contributed by atoms with Gasteiger partial charge in [0.05, 0.1) is 17.9 Å². The fraction of sp³-hybridized carbons (Fsp3) is 0.238. The molecule has 1 fully saturated rings. The van der Waals surface area contributed by atoms with E-state index in [2.05, 4.69) is 25.4 Å².